The molecule has 6 atom stereocenters. The number of likely N-dealkylation sites (tertiary alicyclic amines) is 1. The molecule has 43 heavy (non-hydrogen) atoms. The van der Waals surface area contributed by atoms with Crippen molar-refractivity contribution in [2.45, 2.75) is 63.6 Å². The molecule has 6 rings (SSSR count). The number of imidazole rings is 1. The van der Waals surface area contributed by atoms with E-state index in [1.807, 2.05) is 36.4 Å². The van der Waals surface area contributed by atoms with Crippen LogP contribution in [-0.2, 0) is 28.5 Å². The van der Waals surface area contributed by atoms with Gasteiger partial charge in [-0.15, -0.1) is 0 Å². The molecule has 0 bridgehead atoms. The van der Waals surface area contributed by atoms with E-state index >= 15 is 0 Å². The molecule has 2 aromatic heterocycles. The number of ether oxygens (including phenoxy) is 4. The minimum atomic E-state index is -1.06. The van der Waals surface area contributed by atoms with Crippen molar-refractivity contribution in [2.24, 2.45) is 0 Å². The molecular weight excluding hydrogens is 558 g/mol. The lowest BCUT2D eigenvalue weighted by Gasteiger charge is -2.27. The first kappa shape index (κ1) is 28.7. The van der Waals surface area contributed by atoms with Gasteiger partial charge in [-0.2, -0.15) is 0 Å². The highest BCUT2D eigenvalue weighted by molar-refractivity contribution is 5.95. The van der Waals surface area contributed by atoms with Crippen molar-refractivity contribution in [3.8, 4) is 0 Å². The van der Waals surface area contributed by atoms with Crippen LogP contribution in [0.2, 0.25) is 0 Å². The Hall–Kier alpha value is -4.40. The third-order valence-corrected chi connectivity index (χ3v) is 7.56. The molecule has 5 heterocycles. The van der Waals surface area contributed by atoms with E-state index in [4.69, 9.17) is 18.9 Å². The monoisotopic (exact) mass is 591 g/mol. The lowest BCUT2D eigenvalue weighted by atomic mass is 10.1. The second-order valence-corrected chi connectivity index (χ2v) is 10.3. The van der Waals surface area contributed by atoms with Crippen molar-refractivity contribution in [3.05, 3.63) is 54.6 Å². The molecule has 14 heteroatoms. The number of urea groups is 1. The van der Waals surface area contributed by atoms with Crippen LogP contribution in [0.15, 0.2) is 49.1 Å². The first-order valence-corrected chi connectivity index (χ1v) is 14.4. The van der Waals surface area contributed by atoms with Crippen LogP contribution >= 0.6 is 0 Å². The summed E-state index contributed by atoms with van der Waals surface area (Å²) in [7, 11) is 0. The summed E-state index contributed by atoms with van der Waals surface area (Å²) in [4.78, 5) is 53.3. The molecule has 3 aliphatic heterocycles. The number of aromatic nitrogens is 4. The second-order valence-electron chi connectivity index (χ2n) is 10.3. The first-order valence-electron chi connectivity index (χ1n) is 14.4. The van der Waals surface area contributed by atoms with Crippen LogP contribution in [0.1, 0.15) is 38.5 Å². The van der Waals surface area contributed by atoms with Gasteiger partial charge < -0.3 is 29.2 Å². The fourth-order valence-corrected chi connectivity index (χ4v) is 5.66. The van der Waals surface area contributed by atoms with Crippen LogP contribution in [0.25, 0.3) is 17.2 Å². The highest BCUT2D eigenvalue weighted by Crippen LogP contribution is 2.42. The van der Waals surface area contributed by atoms with Crippen molar-refractivity contribution in [3.63, 3.8) is 0 Å². The van der Waals surface area contributed by atoms with E-state index in [-0.39, 0.29) is 18.3 Å². The first-order chi connectivity index (χ1) is 21.0. The summed E-state index contributed by atoms with van der Waals surface area (Å²) >= 11 is 0. The second kappa shape index (κ2) is 12.5. The molecule has 3 amide bonds. The fraction of sp³-hybridized carbons (Fsp3) is 0.448. The zero-order valence-electron chi connectivity index (χ0n) is 23.8. The number of benzene rings is 1. The van der Waals surface area contributed by atoms with Gasteiger partial charge in [-0.3, -0.25) is 14.7 Å². The molecule has 1 aromatic carbocycles. The van der Waals surface area contributed by atoms with E-state index in [0.717, 1.165) is 5.56 Å². The Morgan fingerprint density at radius 3 is 2.67 bits per heavy atom. The molecule has 0 radical (unpaired) electrons. The lowest BCUT2D eigenvalue weighted by Crippen LogP contribution is -2.49. The molecule has 3 fully saturated rings. The summed E-state index contributed by atoms with van der Waals surface area (Å²) in [5.74, 6) is -0.586. The molecule has 0 saturated carbocycles. The predicted octanol–water partition coefficient (Wildman–Crippen LogP) is 2.24. The summed E-state index contributed by atoms with van der Waals surface area (Å²) < 4.78 is 25.8. The van der Waals surface area contributed by atoms with Crippen LogP contribution in [-0.4, -0.2) is 92.7 Å². The summed E-state index contributed by atoms with van der Waals surface area (Å²) in [6, 6.07) is 8.59. The SMILES string of the molecule is CCNC(=O)Nc1ncnc2c1ncn2C1OC(C(=O)N2CCC[C@@H]2C(=O)OCC)C2O[C@H](C=Cc3ccccc3)OC21. The van der Waals surface area contributed by atoms with Gasteiger partial charge in [0.15, 0.2) is 35.6 Å². The Bertz CT molecular complexity index is 1510. The van der Waals surface area contributed by atoms with Gasteiger partial charge in [0.1, 0.15) is 24.6 Å². The van der Waals surface area contributed by atoms with Gasteiger partial charge >= 0.3 is 12.0 Å². The molecule has 4 unspecified atom stereocenters. The molecule has 0 spiro atoms. The van der Waals surface area contributed by atoms with Crippen LogP contribution in [0.4, 0.5) is 10.6 Å². The van der Waals surface area contributed by atoms with Crippen LogP contribution in [0.3, 0.4) is 0 Å². The molecule has 2 N–H and O–H groups in total. The van der Waals surface area contributed by atoms with Gasteiger partial charge in [0.25, 0.3) is 5.91 Å². The number of esters is 1. The highest BCUT2D eigenvalue weighted by atomic mass is 16.8. The molecule has 14 nitrogen and oxygen atoms in total. The molecule has 3 aromatic rings. The number of carbonyl (C=O) groups is 3. The Morgan fingerprint density at radius 2 is 1.88 bits per heavy atom. The zero-order chi connectivity index (χ0) is 29.9. The Morgan fingerprint density at radius 1 is 1.07 bits per heavy atom. The van der Waals surface area contributed by atoms with Crippen LogP contribution in [0, 0.1) is 0 Å². The summed E-state index contributed by atoms with van der Waals surface area (Å²) in [5.41, 5.74) is 1.67. The fourth-order valence-electron chi connectivity index (χ4n) is 5.66. The van der Waals surface area contributed by atoms with Crippen molar-refractivity contribution in [1.82, 2.24) is 29.7 Å². The zero-order valence-corrected chi connectivity index (χ0v) is 23.8. The van der Waals surface area contributed by atoms with Gasteiger partial charge in [0, 0.05) is 13.1 Å². The van der Waals surface area contributed by atoms with Gasteiger partial charge in [-0.05, 0) is 38.3 Å². The van der Waals surface area contributed by atoms with E-state index in [9.17, 15) is 14.4 Å². The number of rotatable bonds is 8. The predicted molar refractivity (Wildman–Crippen MR) is 152 cm³/mol. The van der Waals surface area contributed by atoms with Crippen molar-refractivity contribution >= 4 is 41.0 Å². The smallest absolute Gasteiger partial charge is 0.328 e. The number of nitrogens with one attached hydrogen (secondary N) is 2. The Balaban J connectivity index is 1.30. The summed E-state index contributed by atoms with van der Waals surface area (Å²) in [5, 5.41) is 5.33. The third-order valence-electron chi connectivity index (χ3n) is 7.56. The van der Waals surface area contributed by atoms with Gasteiger partial charge in [0.05, 0.1) is 12.9 Å². The minimum Gasteiger partial charge on any atom is -0.464 e. The molecule has 3 saturated heterocycles. The molecule has 3 aliphatic rings. The van der Waals surface area contributed by atoms with E-state index in [2.05, 4.69) is 25.6 Å². The standard InChI is InChI=1S/C29H33N7O7/c1-3-30-29(39)34-24-20-25(32-15-31-24)36(16-33-20)27-23-21(41-19(42-23)13-12-17-9-6-5-7-10-17)22(43-27)26(37)35-14-8-11-18(35)28(38)40-4-2/h5-7,9-10,12-13,15-16,18-19,21-23,27H,3-4,8,11,14H2,1-2H3,(H2,30,31,32,34,39)/t18-,19+,21?,22?,23?,27?/m1/s1. The average Bonchev–Trinajstić information content (AvgIpc) is 3.80. The average molecular weight is 592 g/mol. The quantitative estimate of drug-likeness (QED) is 0.372. The van der Waals surface area contributed by atoms with Gasteiger partial charge in [0.2, 0.25) is 0 Å². The van der Waals surface area contributed by atoms with Gasteiger partial charge in [-0.25, -0.2) is 24.5 Å². The normalized spacial score (nSPS) is 26.6. The topological polar surface area (TPSA) is 159 Å². The van der Waals surface area contributed by atoms with E-state index in [1.165, 1.54) is 17.6 Å². The Labute approximate surface area is 247 Å². The van der Waals surface area contributed by atoms with Crippen LogP contribution in [0.5, 0.6) is 0 Å². The summed E-state index contributed by atoms with van der Waals surface area (Å²) in [6.07, 6.45) is 3.50. The molecular formula is C29H33N7O7. The number of hydrogen-bond acceptors (Lipinski definition) is 10. The Kier molecular flexibility index (Phi) is 8.31. The number of amides is 3. The largest absolute Gasteiger partial charge is 0.464 e. The number of nitrogens with zero attached hydrogens (tertiary/aromatic N) is 5. The van der Waals surface area contributed by atoms with Gasteiger partial charge in [-0.1, -0.05) is 36.4 Å². The number of hydrogen-bond donors (Lipinski definition) is 2. The lowest BCUT2D eigenvalue weighted by molar-refractivity contribution is -0.167. The van der Waals surface area contributed by atoms with E-state index in [1.54, 1.807) is 24.5 Å². The molecule has 226 valence electrons. The number of anilines is 1. The maximum atomic E-state index is 13.9. The molecule has 0 aliphatic carbocycles. The number of fused-ring (bicyclic) bond motifs is 2. The van der Waals surface area contributed by atoms with Crippen molar-refractivity contribution in [1.29, 1.82) is 0 Å². The third kappa shape index (κ3) is 5.68. The van der Waals surface area contributed by atoms with Crippen molar-refractivity contribution in [2.75, 3.05) is 25.0 Å². The highest BCUT2D eigenvalue weighted by Gasteiger charge is 2.57. The maximum Gasteiger partial charge on any atom is 0.328 e. The minimum absolute atomic E-state index is 0.221. The van der Waals surface area contributed by atoms with Crippen LogP contribution < -0.4 is 10.6 Å². The van der Waals surface area contributed by atoms with E-state index in [0.29, 0.717) is 37.1 Å². The van der Waals surface area contributed by atoms with E-state index < -0.39 is 48.9 Å². The summed E-state index contributed by atoms with van der Waals surface area (Å²) in [6.45, 7) is 4.60. The number of carbonyl (C=O) groups excluding carboxylic acids is 3. The van der Waals surface area contributed by atoms with Crippen molar-refractivity contribution < 1.29 is 33.3 Å². The maximum absolute atomic E-state index is 13.9.